The third-order valence-electron chi connectivity index (χ3n) is 4.88. The Bertz CT molecular complexity index is 1540. The van der Waals surface area contributed by atoms with Gasteiger partial charge in [-0.15, -0.1) is 0 Å². The highest BCUT2D eigenvalue weighted by Crippen LogP contribution is 2.40. The molecule has 4 aromatic rings. The van der Waals surface area contributed by atoms with E-state index in [4.69, 9.17) is 32.7 Å². The molecule has 0 saturated carbocycles. The van der Waals surface area contributed by atoms with Crippen LogP contribution in [0.3, 0.4) is 0 Å². The van der Waals surface area contributed by atoms with Crippen molar-refractivity contribution in [3.8, 4) is 11.5 Å². The summed E-state index contributed by atoms with van der Waals surface area (Å²) < 4.78 is 37.6. The highest BCUT2D eigenvalue weighted by atomic mass is 35.5. The average Bonchev–Trinajstić information content (AvgIpc) is 3.22. The van der Waals surface area contributed by atoms with Gasteiger partial charge in [0.1, 0.15) is 5.52 Å². The quantitative estimate of drug-likeness (QED) is 0.304. The standard InChI is InChI=1S/C23H19Cl2N3O5S2/c1-32-18-10-8-14(12-19(18)33-2)28(22(29)15-9-7-13(24)11-16(15)25)23-26-21-17(27-35(3,30)31)5-4-6-20(21)34-23/h4-12,27H,1-3H3. The van der Waals surface area contributed by atoms with Crippen LogP contribution >= 0.6 is 34.5 Å². The molecule has 0 aliphatic heterocycles. The number of carbonyl (C=O) groups is 1. The summed E-state index contributed by atoms with van der Waals surface area (Å²) in [6, 6.07) is 14.7. The lowest BCUT2D eigenvalue weighted by molar-refractivity contribution is 0.0999. The van der Waals surface area contributed by atoms with Gasteiger partial charge in [-0.25, -0.2) is 13.4 Å². The number of amides is 1. The van der Waals surface area contributed by atoms with Crippen LogP contribution in [0.15, 0.2) is 54.6 Å². The van der Waals surface area contributed by atoms with Gasteiger partial charge < -0.3 is 9.47 Å². The molecule has 3 aromatic carbocycles. The van der Waals surface area contributed by atoms with E-state index in [1.54, 1.807) is 42.5 Å². The Labute approximate surface area is 216 Å². The largest absolute Gasteiger partial charge is 0.493 e. The van der Waals surface area contributed by atoms with Crippen molar-refractivity contribution < 1.29 is 22.7 Å². The van der Waals surface area contributed by atoms with Crippen molar-refractivity contribution in [1.82, 2.24) is 4.98 Å². The number of methoxy groups -OCH3 is 2. The molecule has 0 bridgehead atoms. The zero-order valence-corrected chi connectivity index (χ0v) is 21.8. The summed E-state index contributed by atoms with van der Waals surface area (Å²) in [5, 5.41) is 0.861. The summed E-state index contributed by atoms with van der Waals surface area (Å²) >= 11 is 13.6. The Kier molecular flexibility index (Phi) is 7.09. The lowest BCUT2D eigenvalue weighted by Gasteiger charge is -2.22. The highest BCUT2D eigenvalue weighted by Gasteiger charge is 2.27. The molecule has 1 N–H and O–H groups in total. The molecule has 0 spiro atoms. The minimum atomic E-state index is -3.54. The van der Waals surface area contributed by atoms with Crippen LogP contribution in [0.25, 0.3) is 10.2 Å². The summed E-state index contributed by atoms with van der Waals surface area (Å²) in [6.07, 6.45) is 1.06. The maximum atomic E-state index is 13.8. The number of thiazole rings is 1. The van der Waals surface area contributed by atoms with Crippen molar-refractivity contribution in [2.45, 2.75) is 0 Å². The van der Waals surface area contributed by atoms with Crippen LogP contribution in [-0.2, 0) is 10.0 Å². The zero-order valence-electron chi connectivity index (χ0n) is 18.7. The molecule has 1 heterocycles. The summed E-state index contributed by atoms with van der Waals surface area (Å²) in [5.41, 5.74) is 1.35. The second-order valence-corrected chi connectivity index (χ2v) is 10.9. The van der Waals surface area contributed by atoms with Gasteiger partial charge >= 0.3 is 0 Å². The summed E-state index contributed by atoms with van der Waals surface area (Å²) in [6.45, 7) is 0. The number of para-hydroxylation sites is 1. The van der Waals surface area contributed by atoms with Gasteiger partial charge in [-0.05, 0) is 42.5 Å². The SMILES string of the molecule is COc1ccc(N(C(=O)c2ccc(Cl)cc2Cl)c2nc3c(NS(C)(=O)=O)cccc3s2)cc1OC. The lowest BCUT2D eigenvalue weighted by atomic mass is 10.1. The molecule has 35 heavy (non-hydrogen) atoms. The van der Waals surface area contributed by atoms with E-state index in [1.165, 1.54) is 42.6 Å². The van der Waals surface area contributed by atoms with E-state index >= 15 is 0 Å². The summed E-state index contributed by atoms with van der Waals surface area (Å²) in [7, 11) is -0.541. The van der Waals surface area contributed by atoms with E-state index in [9.17, 15) is 13.2 Å². The molecular formula is C23H19Cl2N3O5S2. The number of fused-ring (bicyclic) bond motifs is 1. The van der Waals surface area contributed by atoms with Gasteiger partial charge in [0.25, 0.3) is 5.91 Å². The van der Waals surface area contributed by atoms with Crippen LogP contribution in [-0.4, -0.2) is 39.8 Å². The van der Waals surface area contributed by atoms with Gasteiger partial charge in [0.2, 0.25) is 10.0 Å². The maximum absolute atomic E-state index is 13.8. The molecule has 8 nitrogen and oxygen atoms in total. The number of sulfonamides is 1. The van der Waals surface area contributed by atoms with Gasteiger partial charge in [0.15, 0.2) is 16.6 Å². The first kappa shape index (κ1) is 25.1. The molecule has 0 saturated heterocycles. The molecule has 182 valence electrons. The maximum Gasteiger partial charge on any atom is 0.266 e. The number of hydrogen-bond acceptors (Lipinski definition) is 7. The number of nitrogens with zero attached hydrogens (tertiary/aromatic N) is 2. The molecule has 1 amide bonds. The van der Waals surface area contributed by atoms with Crippen LogP contribution in [0.5, 0.6) is 11.5 Å². The topological polar surface area (TPSA) is 97.8 Å². The molecule has 4 rings (SSSR count). The number of carbonyl (C=O) groups excluding carboxylic acids is 1. The number of ether oxygens (including phenoxy) is 2. The lowest BCUT2D eigenvalue weighted by Crippen LogP contribution is -2.26. The van der Waals surface area contributed by atoms with E-state index in [-0.39, 0.29) is 10.6 Å². The molecule has 12 heteroatoms. The number of aromatic nitrogens is 1. The highest BCUT2D eigenvalue weighted by molar-refractivity contribution is 7.92. The number of nitrogens with one attached hydrogen (secondary N) is 1. The zero-order chi connectivity index (χ0) is 25.3. The molecule has 0 fully saturated rings. The second-order valence-electron chi connectivity index (χ2n) is 7.33. The molecule has 1 aromatic heterocycles. The molecule has 0 aliphatic carbocycles. The number of halogens is 2. The van der Waals surface area contributed by atoms with E-state index in [0.717, 1.165) is 6.26 Å². The predicted octanol–water partition coefficient (Wildman–Crippen LogP) is 5.97. The first-order valence-electron chi connectivity index (χ1n) is 10.00. The van der Waals surface area contributed by atoms with Gasteiger partial charge in [0, 0.05) is 11.1 Å². The van der Waals surface area contributed by atoms with Crippen molar-refractivity contribution in [3.05, 3.63) is 70.2 Å². The van der Waals surface area contributed by atoms with Crippen LogP contribution in [0, 0.1) is 0 Å². The minimum absolute atomic E-state index is 0.175. The average molecular weight is 552 g/mol. The van der Waals surface area contributed by atoms with Crippen LogP contribution < -0.4 is 19.1 Å². The van der Waals surface area contributed by atoms with E-state index < -0.39 is 15.9 Å². The third-order valence-corrected chi connectivity index (χ3v) is 7.03. The van der Waals surface area contributed by atoms with Gasteiger partial charge in [-0.2, -0.15) is 0 Å². The Morgan fingerprint density at radius 1 is 1.03 bits per heavy atom. The van der Waals surface area contributed by atoms with Gasteiger partial charge in [-0.1, -0.05) is 40.6 Å². The fourth-order valence-electron chi connectivity index (χ4n) is 3.38. The third kappa shape index (κ3) is 5.30. The molecule has 0 radical (unpaired) electrons. The fourth-order valence-corrected chi connectivity index (χ4v) is 5.44. The Hall–Kier alpha value is -3.05. The second kappa shape index (κ2) is 9.90. The van der Waals surface area contributed by atoms with Crippen LogP contribution in [0.2, 0.25) is 10.0 Å². The van der Waals surface area contributed by atoms with E-state index in [2.05, 4.69) is 9.71 Å². The Balaban J connectivity index is 1.92. The van der Waals surface area contributed by atoms with Crippen molar-refractivity contribution in [2.75, 3.05) is 30.1 Å². The van der Waals surface area contributed by atoms with Gasteiger partial charge in [0.05, 0.1) is 47.1 Å². The van der Waals surface area contributed by atoms with Crippen molar-refractivity contribution >= 4 is 77.2 Å². The Morgan fingerprint density at radius 2 is 1.77 bits per heavy atom. The summed E-state index contributed by atoms with van der Waals surface area (Å²) in [5.74, 6) is 0.429. The number of hydrogen-bond donors (Lipinski definition) is 1. The van der Waals surface area contributed by atoms with Gasteiger partial charge in [-0.3, -0.25) is 14.4 Å². The minimum Gasteiger partial charge on any atom is -0.493 e. The van der Waals surface area contributed by atoms with E-state index in [0.29, 0.717) is 43.2 Å². The van der Waals surface area contributed by atoms with Crippen molar-refractivity contribution in [3.63, 3.8) is 0 Å². The fraction of sp³-hybridized carbons (Fsp3) is 0.130. The predicted molar refractivity (Wildman–Crippen MR) is 141 cm³/mol. The van der Waals surface area contributed by atoms with Crippen LogP contribution in [0.4, 0.5) is 16.5 Å². The smallest absolute Gasteiger partial charge is 0.266 e. The van der Waals surface area contributed by atoms with E-state index in [1.807, 2.05) is 0 Å². The number of rotatable bonds is 7. The monoisotopic (exact) mass is 551 g/mol. The van der Waals surface area contributed by atoms with Crippen molar-refractivity contribution in [1.29, 1.82) is 0 Å². The van der Waals surface area contributed by atoms with Crippen molar-refractivity contribution in [2.24, 2.45) is 0 Å². The normalized spacial score (nSPS) is 11.3. The molecule has 0 atom stereocenters. The summed E-state index contributed by atoms with van der Waals surface area (Å²) in [4.78, 5) is 19.8. The Morgan fingerprint density at radius 3 is 2.43 bits per heavy atom. The number of anilines is 3. The van der Waals surface area contributed by atoms with Crippen LogP contribution in [0.1, 0.15) is 10.4 Å². The molecule has 0 aliphatic rings. The number of benzene rings is 3. The first-order valence-corrected chi connectivity index (χ1v) is 13.5. The first-order chi connectivity index (χ1) is 16.6. The molecule has 0 unspecified atom stereocenters. The molecular weight excluding hydrogens is 533 g/mol.